The number of hydrogen-bond donors (Lipinski definition) is 0. The van der Waals surface area contributed by atoms with E-state index in [-0.39, 0.29) is 6.29 Å². The topological polar surface area (TPSA) is 18.5 Å². The molecule has 0 atom stereocenters. The van der Waals surface area contributed by atoms with E-state index in [0.717, 1.165) is 12.0 Å². The zero-order valence-corrected chi connectivity index (χ0v) is 12.8. The van der Waals surface area contributed by atoms with Crippen LogP contribution in [0.3, 0.4) is 0 Å². The lowest BCUT2D eigenvalue weighted by molar-refractivity contribution is -0.211. The third-order valence-electron chi connectivity index (χ3n) is 4.64. The zero-order chi connectivity index (χ0) is 15.1. The van der Waals surface area contributed by atoms with Gasteiger partial charge in [0.15, 0.2) is 6.29 Å². The fourth-order valence-corrected chi connectivity index (χ4v) is 3.41. The number of ether oxygens (including phenoxy) is 2. The summed E-state index contributed by atoms with van der Waals surface area (Å²) in [6.45, 7) is 3.51. The fraction of sp³-hybridized carbons (Fsp3) is 0.765. The molecule has 0 radical (unpaired) electrons. The van der Waals surface area contributed by atoms with Gasteiger partial charge in [0.05, 0.1) is 13.2 Å². The third-order valence-corrected chi connectivity index (χ3v) is 4.64. The Labute approximate surface area is 126 Å². The SMILES string of the molecule is CC=CC1CCC(C2COC(CCC=C(F)F)OC2)CC1. The predicted molar refractivity (Wildman–Crippen MR) is 79.0 cm³/mol. The van der Waals surface area contributed by atoms with Crippen molar-refractivity contribution in [2.24, 2.45) is 17.8 Å². The first-order valence-corrected chi connectivity index (χ1v) is 8.06. The van der Waals surface area contributed by atoms with Crippen LogP contribution < -0.4 is 0 Å². The number of halogens is 2. The summed E-state index contributed by atoms with van der Waals surface area (Å²) in [5.41, 5.74) is 0. The lowest BCUT2D eigenvalue weighted by atomic mass is 9.76. The van der Waals surface area contributed by atoms with Crippen molar-refractivity contribution in [1.82, 2.24) is 0 Å². The highest BCUT2D eigenvalue weighted by Gasteiger charge is 2.31. The Morgan fingerprint density at radius 2 is 1.71 bits per heavy atom. The van der Waals surface area contributed by atoms with Crippen molar-refractivity contribution in [3.05, 3.63) is 24.3 Å². The second-order valence-electron chi connectivity index (χ2n) is 6.13. The molecule has 0 amide bonds. The molecule has 120 valence electrons. The van der Waals surface area contributed by atoms with E-state index in [4.69, 9.17) is 9.47 Å². The summed E-state index contributed by atoms with van der Waals surface area (Å²) in [6.07, 6.45) is 9.29. The summed E-state index contributed by atoms with van der Waals surface area (Å²) < 4.78 is 35.3. The molecule has 0 spiro atoms. The molecule has 2 aliphatic rings. The van der Waals surface area contributed by atoms with E-state index in [0.29, 0.717) is 37.9 Å². The maximum atomic E-state index is 12.0. The molecule has 2 fully saturated rings. The summed E-state index contributed by atoms with van der Waals surface area (Å²) in [7, 11) is 0. The van der Waals surface area contributed by atoms with E-state index in [1.807, 2.05) is 0 Å². The molecule has 1 saturated heterocycles. The average molecular weight is 300 g/mol. The van der Waals surface area contributed by atoms with Gasteiger partial charge in [-0.1, -0.05) is 12.2 Å². The standard InChI is InChI=1S/C17H26F2O2/c1-2-4-13-7-9-14(10-8-13)15-11-20-17(21-12-15)6-3-5-16(18)19/h2,4-5,13-15,17H,3,6-12H2,1H3. The van der Waals surface area contributed by atoms with E-state index in [2.05, 4.69) is 19.1 Å². The van der Waals surface area contributed by atoms with Crippen LogP contribution in [0.25, 0.3) is 0 Å². The Hall–Kier alpha value is -0.740. The van der Waals surface area contributed by atoms with Crippen molar-refractivity contribution in [3.8, 4) is 0 Å². The summed E-state index contributed by atoms with van der Waals surface area (Å²) in [5, 5.41) is 0. The first kappa shape index (κ1) is 16.6. The van der Waals surface area contributed by atoms with Gasteiger partial charge in [-0.15, -0.1) is 0 Å². The van der Waals surface area contributed by atoms with Crippen molar-refractivity contribution in [2.45, 2.75) is 51.7 Å². The molecule has 2 rings (SSSR count). The maximum Gasteiger partial charge on any atom is 0.266 e. The van der Waals surface area contributed by atoms with Gasteiger partial charge in [0, 0.05) is 12.3 Å². The van der Waals surface area contributed by atoms with Crippen molar-refractivity contribution in [1.29, 1.82) is 0 Å². The second kappa shape index (κ2) is 8.64. The zero-order valence-electron chi connectivity index (χ0n) is 12.8. The largest absolute Gasteiger partial charge is 0.352 e. The molecular formula is C17H26F2O2. The molecule has 21 heavy (non-hydrogen) atoms. The smallest absolute Gasteiger partial charge is 0.266 e. The normalized spacial score (nSPS) is 34.0. The van der Waals surface area contributed by atoms with Gasteiger partial charge in [0.25, 0.3) is 6.08 Å². The van der Waals surface area contributed by atoms with E-state index < -0.39 is 6.08 Å². The van der Waals surface area contributed by atoms with Gasteiger partial charge in [0.1, 0.15) is 0 Å². The highest BCUT2D eigenvalue weighted by Crippen LogP contribution is 2.36. The Morgan fingerprint density at radius 3 is 2.29 bits per heavy atom. The van der Waals surface area contributed by atoms with Crippen LogP contribution in [0, 0.1) is 17.8 Å². The van der Waals surface area contributed by atoms with Crippen LogP contribution in [-0.4, -0.2) is 19.5 Å². The molecule has 0 aromatic rings. The Kier molecular flexibility index (Phi) is 6.84. The molecule has 1 aliphatic heterocycles. The summed E-state index contributed by atoms with van der Waals surface area (Å²) in [6, 6.07) is 0. The molecular weight excluding hydrogens is 274 g/mol. The van der Waals surface area contributed by atoms with Gasteiger partial charge in [-0.3, -0.25) is 0 Å². The van der Waals surface area contributed by atoms with Crippen LogP contribution in [0.4, 0.5) is 8.78 Å². The summed E-state index contributed by atoms with van der Waals surface area (Å²) in [4.78, 5) is 0. The molecule has 0 bridgehead atoms. The Bertz CT molecular complexity index is 348. The molecule has 0 aromatic carbocycles. The minimum Gasteiger partial charge on any atom is -0.352 e. The van der Waals surface area contributed by atoms with Crippen LogP contribution in [0.2, 0.25) is 0 Å². The van der Waals surface area contributed by atoms with Crippen molar-refractivity contribution >= 4 is 0 Å². The van der Waals surface area contributed by atoms with E-state index in [9.17, 15) is 8.78 Å². The molecule has 0 aromatic heterocycles. The second-order valence-corrected chi connectivity index (χ2v) is 6.13. The van der Waals surface area contributed by atoms with Gasteiger partial charge in [-0.2, -0.15) is 8.78 Å². The molecule has 0 N–H and O–H groups in total. The lowest BCUT2D eigenvalue weighted by Crippen LogP contribution is -2.37. The van der Waals surface area contributed by atoms with E-state index >= 15 is 0 Å². The average Bonchev–Trinajstić information content (AvgIpc) is 2.49. The first-order valence-electron chi connectivity index (χ1n) is 8.06. The number of allylic oxidation sites excluding steroid dienone is 3. The molecule has 1 aliphatic carbocycles. The van der Waals surface area contributed by atoms with Crippen molar-refractivity contribution in [2.75, 3.05) is 13.2 Å². The molecule has 0 unspecified atom stereocenters. The van der Waals surface area contributed by atoms with E-state index in [1.165, 1.54) is 25.7 Å². The van der Waals surface area contributed by atoms with Crippen LogP contribution >= 0.6 is 0 Å². The molecule has 1 heterocycles. The molecule has 1 saturated carbocycles. The van der Waals surface area contributed by atoms with Gasteiger partial charge < -0.3 is 9.47 Å². The van der Waals surface area contributed by atoms with E-state index in [1.54, 1.807) is 0 Å². The maximum absolute atomic E-state index is 12.0. The minimum absolute atomic E-state index is 0.309. The minimum atomic E-state index is -1.62. The number of rotatable bonds is 5. The van der Waals surface area contributed by atoms with Crippen LogP contribution in [0.15, 0.2) is 24.3 Å². The first-order chi connectivity index (χ1) is 10.2. The Balaban J connectivity index is 1.66. The lowest BCUT2D eigenvalue weighted by Gasteiger charge is -2.37. The van der Waals surface area contributed by atoms with Crippen LogP contribution in [-0.2, 0) is 9.47 Å². The molecule has 2 nitrogen and oxygen atoms in total. The van der Waals surface area contributed by atoms with Gasteiger partial charge in [0.2, 0.25) is 0 Å². The van der Waals surface area contributed by atoms with Crippen molar-refractivity contribution < 1.29 is 18.3 Å². The summed E-state index contributed by atoms with van der Waals surface area (Å²) >= 11 is 0. The fourth-order valence-electron chi connectivity index (χ4n) is 3.41. The summed E-state index contributed by atoms with van der Waals surface area (Å²) in [5.74, 6) is 1.91. The van der Waals surface area contributed by atoms with Gasteiger partial charge in [-0.25, -0.2) is 0 Å². The quantitative estimate of drug-likeness (QED) is 0.671. The highest BCUT2D eigenvalue weighted by atomic mass is 19.3. The molecule has 4 heteroatoms. The third kappa shape index (κ3) is 5.51. The monoisotopic (exact) mass is 300 g/mol. The van der Waals surface area contributed by atoms with Crippen LogP contribution in [0.5, 0.6) is 0 Å². The van der Waals surface area contributed by atoms with Crippen LogP contribution in [0.1, 0.15) is 45.4 Å². The van der Waals surface area contributed by atoms with Crippen molar-refractivity contribution in [3.63, 3.8) is 0 Å². The van der Waals surface area contributed by atoms with Gasteiger partial charge in [-0.05, 0) is 56.9 Å². The Morgan fingerprint density at radius 1 is 1.05 bits per heavy atom. The number of hydrogen-bond acceptors (Lipinski definition) is 2. The van der Waals surface area contributed by atoms with Gasteiger partial charge >= 0.3 is 0 Å². The highest BCUT2D eigenvalue weighted by molar-refractivity contribution is 4.90. The predicted octanol–water partition coefficient (Wildman–Crippen LogP) is 4.92.